The first-order valence-electron chi connectivity index (χ1n) is 3.56. The number of rotatable bonds is 1. The van der Waals surface area contributed by atoms with Crippen molar-refractivity contribution < 1.29 is 8.42 Å². The molecular weight excluding hydrogens is 244 g/mol. The van der Waals surface area contributed by atoms with Gasteiger partial charge in [0.2, 0.25) is 10.0 Å². The summed E-state index contributed by atoms with van der Waals surface area (Å²) >= 11 is 6.97. The Morgan fingerprint density at radius 1 is 1.43 bits per heavy atom. The Morgan fingerprint density at radius 3 is 2.79 bits per heavy atom. The normalized spacial score (nSPS) is 12.1. The second-order valence-electron chi connectivity index (χ2n) is 2.64. The largest absolute Gasteiger partial charge is 0.238 e. The third-order valence-corrected chi connectivity index (χ3v) is 3.71. The summed E-state index contributed by atoms with van der Waals surface area (Å²) < 4.78 is 23.2. The van der Waals surface area contributed by atoms with Crippen LogP contribution in [0.1, 0.15) is 0 Å². The lowest BCUT2D eigenvalue weighted by atomic mass is 10.3. The molecule has 0 radical (unpaired) electrons. The maximum absolute atomic E-state index is 11.0. The quantitative estimate of drug-likeness (QED) is 0.833. The Bertz CT molecular complexity index is 591. The van der Waals surface area contributed by atoms with Gasteiger partial charge in [-0.05, 0) is 18.2 Å². The summed E-state index contributed by atoms with van der Waals surface area (Å²) in [5.74, 6) is 0. The number of aromatic nitrogens is 1. The summed E-state index contributed by atoms with van der Waals surface area (Å²) in [7, 11) is -3.66. The zero-order chi connectivity index (χ0) is 10.3. The van der Waals surface area contributed by atoms with Gasteiger partial charge in [-0.2, -0.15) is 0 Å². The number of halogens is 1. The monoisotopic (exact) mass is 248 g/mol. The highest BCUT2D eigenvalue weighted by atomic mass is 35.5. The summed E-state index contributed by atoms with van der Waals surface area (Å²) in [6, 6.07) is 4.48. The fourth-order valence-electron chi connectivity index (χ4n) is 1.06. The summed E-state index contributed by atoms with van der Waals surface area (Å²) in [5.41, 5.74) is 0.548. The number of nitrogens with zero attached hydrogens (tertiary/aromatic N) is 1. The molecular formula is C7H5ClN2O2S2. The highest BCUT2D eigenvalue weighted by Crippen LogP contribution is 2.26. The van der Waals surface area contributed by atoms with Gasteiger partial charge in [0, 0.05) is 0 Å². The number of hydrogen-bond acceptors (Lipinski definition) is 4. The van der Waals surface area contributed by atoms with Crippen molar-refractivity contribution in [3.05, 3.63) is 22.7 Å². The van der Waals surface area contributed by atoms with Gasteiger partial charge in [-0.15, -0.1) is 11.3 Å². The first-order chi connectivity index (χ1) is 6.47. The number of sulfonamides is 1. The van der Waals surface area contributed by atoms with Gasteiger partial charge in [-0.25, -0.2) is 18.5 Å². The van der Waals surface area contributed by atoms with Crippen molar-refractivity contribution in [2.45, 2.75) is 4.90 Å². The minimum Gasteiger partial charge on any atom is -0.225 e. The van der Waals surface area contributed by atoms with E-state index in [4.69, 9.17) is 16.7 Å². The lowest BCUT2D eigenvalue weighted by molar-refractivity contribution is 0.598. The van der Waals surface area contributed by atoms with E-state index in [0.29, 0.717) is 9.98 Å². The lowest BCUT2D eigenvalue weighted by Crippen LogP contribution is -2.11. The summed E-state index contributed by atoms with van der Waals surface area (Å²) in [5, 5.41) is 4.97. The van der Waals surface area contributed by atoms with E-state index in [1.807, 2.05) is 0 Å². The summed E-state index contributed by atoms with van der Waals surface area (Å²) in [6.07, 6.45) is 0. The zero-order valence-corrected chi connectivity index (χ0v) is 9.16. The van der Waals surface area contributed by atoms with Crippen LogP contribution >= 0.6 is 22.9 Å². The van der Waals surface area contributed by atoms with Gasteiger partial charge in [-0.3, -0.25) is 0 Å². The van der Waals surface area contributed by atoms with Crippen LogP contribution in [-0.4, -0.2) is 13.4 Å². The molecule has 7 heteroatoms. The molecule has 0 atom stereocenters. The van der Waals surface area contributed by atoms with E-state index in [1.165, 1.54) is 23.5 Å². The van der Waals surface area contributed by atoms with Crippen molar-refractivity contribution in [3.63, 3.8) is 0 Å². The predicted octanol–water partition coefficient (Wildman–Crippen LogP) is 1.60. The molecule has 0 bridgehead atoms. The Hall–Kier alpha value is -0.690. The number of fused-ring (bicyclic) bond motifs is 1. The highest BCUT2D eigenvalue weighted by Gasteiger charge is 2.10. The molecule has 1 aromatic heterocycles. The Morgan fingerprint density at radius 2 is 2.14 bits per heavy atom. The summed E-state index contributed by atoms with van der Waals surface area (Å²) in [4.78, 5) is 4.00. The molecule has 0 unspecified atom stereocenters. The Kier molecular flexibility index (Phi) is 2.23. The van der Waals surface area contributed by atoms with Crippen LogP contribution < -0.4 is 5.14 Å². The van der Waals surface area contributed by atoms with E-state index in [1.54, 1.807) is 6.07 Å². The molecule has 0 saturated heterocycles. The van der Waals surface area contributed by atoms with E-state index >= 15 is 0 Å². The third-order valence-electron chi connectivity index (χ3n) is 1.66. The minimum atomic E-state index is -3.66. The molecule has 0 aliphatic carbocycles. The molecule has 74 valence electrons. The molecule has 14 heavy (non-hydrogen) atoms. The van der Waals surface area contributed by atoms with Gasteiger partial charge in [0.15, 0.2) is 4.47 Å². The van der Waals surface area contributed by atoms with Crippen molar-refractivity contribution in [3.8, 4) is 0 Å². The van der Waals surface area contributed by atoms with Crippen LogP contribution in [0.25, 0.3) is 10.2 Å². The van der Waals surface area contributed by atoms with Gasteiger partial charge >= 0.3 is 0 Å². The fourth-order valence-corrected chi connectivity index (χ4v) is 2.60. The third kappa shape index (κ3) is 1.74. The van der Waals surface area contributed by atoms with E-state index in [2.05, 4.69) is 4.98 Å². The number of primary sulfonamides is 1. The number of nitrogens with two attached hydrogens (primary N) is 1. The van der Waals surface area contributed by atoms with Crippen LogP contribution in [0.3, 0.4) is 0 Å². The second kappa shape index (κ2) is 3.16. The number of hydrogen-bond donors (Lipinski definition) is 1. The van der Waals surface area contributed by atoms with Crippen LogP contribution in [0.15, 0.2) is 23.1 Å². The highest BCUT2D eigenvalue weighted by molar-refractivity contribution is 7.89. The number of benzene rings is 1. The van der Waals surface area contributed by atoms with E-state index < -0.39 is 10.0 Å². The lowest BCUT2D eigenvalue weighted by Gasteiger charge is -1.95. The smallest absolute Gasteiger partial charge is 0.225 e. The maximum atomic E-state index is 11.0. The van der Waals surface area contributed by atoms with Crippen LogP contribution in [0.5, 0.6) is 0 Å². The van der Waals surface area contributed by atoms with Crippen molar-refractivity contribution in [1.82, 2.24) is 4.98 Å². The molecule has 2 rings (SSSR count). The van der Waals surface area contributed by atoms with E-state index in [-0.39, 0.29) is 4.90 Å². The van der Waals surface area contributed by atoms with Crippen molar-refractivity contribution in [2.75, 3.05) is 0 Å². The first-order valence-corrected chi connectivity index (χ1v) is 6.30. The molecule has 1 aromatic carbocycles. The van der Waals surface area contributed by atoms with Gasteiger partial charge in [0.25, 0.3) is 0 Å². The standard InChI is InChI=1S/C7H5ClN2O2S2/c8-7-10-5-3-4(14(9,11)12)1-2-6(5)13-7/h1-3H,(H2,9,11,12). The van der Waals surface area contributed by atoms with Gasteiger partial charge in [-0.1, -0.05) is 11.6 Å². The average molecular weight is 249 g/mol. The summed E-state index contributed by atoms with van der Waals surface area (Å²) in [6.45, 7) is 0. The molecule has 0 fully saturated rings. The van der Waals surface area contributed by atoms with E-state index in [0.717, 1.165) is 4.70 Å². The molecule has 2 aromatic rings. The maximum Gasteiger partial charge on any atom is 0.238 e. The van der Waals surface area contributed by atoms with Gasteiger partial charge in [0.1, 0.15) is 0 Å². The molecule has 0 saturated carbocycles. The molecule has 0 amide bonds. The van der Waals surface area contributed by atoms with Crippen molar-refractivity contribution in [1.29, 1.82) is 0 Å². The topological polar surface area (TPSA) is 73.1 Å². The van der Waals surface area contributed by atoms with Crippen molar-refractivity contribution in [2.24, 2.45) is 5.14 Å². The minimum absolute atomic E-state index is 0.0481. The fraction of sp³-hybridized carbons (Fsp3) is 0. The molecule has 2 N–H and O–H groups in total. The zero-order valence-electron chi connectivity index (χ0n) is 6.77. The van der Waals surface area contributed by atoms with Gasteiger partial charge < -0.3 is 0 Å². The van der Waals surface area contributed by atoms with Crippen LogP contribution in [-0.2, 0) is 10.0 Å². The van der Waals surface area contributed by atoms with Crippen LogP contribution in [0, 0.1) is 0 Å². The molecule has 0 aliphatic heterocycles. The predicted molar refractivity (Wildman–Crippen MR) is 56.0 cm³/mol. The molecule has 1 heterocycles. The molecule has 0 spiro atoms. The van der Waals surface area contributed by atoms with E-state index in [9.17, 15) is 8.42 Å². The molecule has 4 nitrogen and oxygen atoms in total. The van der Waals surface area contributed by atoms with Crippen molar-refractivity contribution >= 4 is 43.2 Å². The first kappa shape index (κ1) is 9.85. The van der Waals surface area contributed by atoms with Crippen LogP contribution in [0.4, 0.5) is 0 Å². The van der Waals surface area contributed by atoms with Crippen LogP contribution in [0.2, 0.25) is 4.47 Å². The van der Waals surface area contributed by atoms with Gasteiger partial charge in [0.05, 0.1) is 15.1 Å². The second-order valence-corrected chi connectivity index (χ2v) is 5.82. The Labute approximate surface area is 89.4 Å². The molecule has 0 aliphatic rings. The Balaban J connectivity index is 2.74. The average Bonchev–Trinajstić information content (AvgIpc) is 2.41. The number of thiazole rings is 1. The SMILES string of the molecule is NS(=O)(=O)c1ccc2sc(Cl)nc2c1.